The molecule has 3 rings (SSSR count). The zero-order chi connectivity index (χ0) is 25.4. The van der Waals surface area contributed by atoms with E-state index in [0.29, 0.717) is 25.4 Å². The summed E-state index contributed by atoms with van der Waals surface area (Å²) in [7, 11) is 0. The SMILES string of the molecule is CC(C)CC[C@H](NC(=O)[C@H](Cc1ccccc1)NC(=O)[C@@H](N)Cc1ccccc1)C(=O)[C@@]1(C)CO1. The van der Waals surface area contributed by atoms with E-state index in [0.717, 1.165) is 17.5 Å². The van der Waals surface area contributed by atoms with Crippen LogP contribution in [-0.4, -0.2) is 47.9 Å². The van der Waals surface area contributed by atoms with Gasteiger partial charge in [-0.1, -0.05) is 74.5 Å². The lowest BCUT2D eigenvalue weighted by Crippen LogP contribution is -2.56. The van der Waals surface area contributed by atoms with Crippen molar-refractivity contribution >= 4 is 17.6 Å². The normalized spacial score (nSPS) is 19.5. The van der Waals surface area contributed by atoms with E-state index in [2.05, 4.69) is 24.5 Å². The van der Waals surface area contributed by atoms with Crippen molar-refractivity contribution in [3.8, 4) is 0 Å². The van der Waals surface area contributed by atoms with Gasteiger partial charge in [-0.2, -0.15) is 0 Å². The number of nitrogens with one attached hydrogen (secondary N) is 2. The molecule has 0 bridgehead atoms. The predicted molar refractivity (Wildman–Crippen MR) is 136 cm³/mol. The summed E-state index contributed by atoms with van der Waals surface area (Å²) in [6, 6.07) is 16.6. The number of ether oxygens (including phenoxy) is 1. The number of epoxide rings is 1. The maximum absolute atomic E-state index is 13.4. The number of amides is 2. The summed E-state index contributed by atoms with van der Waals surface area (Å²) in [5.41, 5.74) is 7.17. The molecule has 0 aromatic heterocycles. The summed E-state index contributed by atoms with van der Waals surface area (Å²) in [6.45, 7) is 6.25. The Kier molecular flexibility index (Phi) is 9.18. The number of hydrogen-bond acceptors (Lipinski definition) is 5. The van der Waals surface area contributed by atoms with Crippen LogP contribution in [0.1, 0.15) is 44.7 Å². The van der Waals surface area contributed by atoms with Gasteiger partial charge in [0.2, 0.25) is 11.8 Å². The Hall–Kier alpha value is -3.03. The molecule has 2 aromatic carbocycles. The minimum Gasteiger partial charge on any atom is -0.361 e. The summed E-state index contributed by atoms with van der Waals surface area (Å²) >= 11 is 0. The van der Waals surface area contributed by atoms with Crippen molar-refractivity contribution in [3.05, 3.63) is 71.8 Å². The van der Waals surface area contributed by atoms with Crippen LogP contribution in [-0.2, 0) is 32.0 Å². The number of benzene rings is 2. The lowest BCUT2D eigenvalue weighted by molar-refractivity contribution is -0.133. The van der Waals surface area contributed by atoms with Gasteiger partial charge >= 0.3 is 0 Å². The highest BCUT2D eigenvalue weighted by Crippen LogP contribution is 2.29. The number of rotatable bonds is 13. The molecule has 4 N–H and O–H groups in total. The molecule has 188 valence electrons. The molecule has 0 spiro atoms. The fourth-order valence-electron chi connectivity index (χ4n) is 3.96. The lowest BCUT2D eigenvalue weighted by Gasteiger charge is -2.25. The van der Waals surface area contributed by atoms with Gasteiger partial charge in [0.1, 0.15) is 11.6 Å². The Bertz CT molecular complexity index is 990. The zero-order valence-corrected chi connectivity index (χ0v) is 20.8. The van der Waals surface area contributed by atoms with E-state index in [9.17, 15) is 14.4 Å². The van der Waals surface area contributed by atoms with Gasteiger partial charge in [0.25, 0.3) is 0 Å². The highest BCUT2D eigenvalue weighted by atomic mass is 16.6. The Morgan fingerprint density at radius 2 is 1.37 bits per heavy atom. The Morgan fingerprint density at radius 3 is 1.89 bits per heavy atom. The third kappa shape index (κ3) is 8.01. The first-order valence-corrected chi connectivity index (χ1v) is 12.3. The molecule has 7 nitrogen and oxygen atoms in total. The van der Waals surface area contributed by atoms with E-state index in [1.165, 1.54) is 0 Å². The molecular formula is C28H37N3O4. The van der Waals surface area contributed by atoms with Crippen LogP contribution in [0.4, 0.5) is 0 Å². The molecule has 2 amide bonds. The van der Waals surface area contributed by atoms with Crippen molar-refractivity contribution in [3.63, 3.8) is 0 Å². The molecule has 7 heteroatoms. The van der Waals surface area contributed by atoms with Crippen molar-refractivity contribution in [2.75, 3.05) is 6.61 Å². The predicted octanol–water partition coefficient (Wildman–Crippen LogP) is 2.56. The second-order valence-corrected chi connectivity index (χ2v) is 9.96. The van der Waals surface area contributed by atoms with Gasteiger partial charge in [-0.05, 0) is 43.2 Å². The average molecular weight is 480 g/mol. The number of carbonyl (C=O) groups is 3. The van der Waals surface area contributed by atoms with E-state index < -0.39 is 35.5 Å². The monoisotopic (exact) mass is 479 g/mol. The molecule has 0 unspecified atom stereocenters. The molecule has 1 aliphatic heterocycles. The standard InChI is InChI=1S/C28H37N3O4/c1-19(2)14-15-23(25(32)28(3)18-35-28)30-27(34)24(17-21-12-8-5-9-13-21)31-26(33)22(29)16-20-10-6-4-7-11-20/h4-13,19,22-24H,14-18,29H2,1-3H3,(H,30,34)(H,31,33)/t22-,23-,24-,28+/m0/s1. The topological polar surface area (TPSA) is 114 Å². The molecule has 4 atom stereocenters. The van der Waals surface area contributed by atoms with Crippen LogP contribution < -0.4 is 16.4 Å². The summed E-state index contributed by atoms with van der Waals surface area (Å²) in [4.78, 5) is 39.4. The van der Waals surface area contributed by atoms with Crippen LogP contribution >= 0.6 is 0 Å². The molecule has 1 fully saturated rings. The lowest BCUT2D eigenvalue weighted by atomic mass is 9.93. The Balaban J connectivity index is 1.73. The van der Waals surface area contributed by atoms with E-state index in [4.69, 9.17) is 10.5 Å². The first-order chi connectivity index (χ1) is 16.7. The summed E-state index contributed by atoms with van der Waals surface area (Å²) in [5, 5.41) is 5.74. The van der Waals surface area contributed by atoms with E-state index in [-0.39, 0.29) is 12.2 Å². The summed E-state index contributed by atoms with van der Waals surface area (Å²) < 4.78 is 5.35. The van der Waals surface area contributed by atoms with Crippen molar-refractivity contribution in [2.45, 2.75) is 70.2 Å². The van der Waals surface area contributed by atoms with Crippen LogP contribution in [0.5, 0.6) is 0 Å². The van der Waals surface area contributed by atoms with Gasteiger partial charge in [0, 0.05) is 6.42 Å². The minimum atomic E-state index is -0.867. The second kappa shape index (κ2) is 12.1. The van der Waals surface area contributed by atoms with Crippen LogP contribution in [0.25, 0.3) is 0 Å². The molecular weight excluding hydrogens is 442 g/mol. The molecule has 0 aliphatic carbocycles. The summed E-state index contributed by atoms with van der Waals surface area (Å²) in [6.07, 6.45) is 1.94. The minimum absolute atomic E-state index is 0.128. The Morgan fingerprint density at radius 1 is 0.857 bits per heavy atom. The van der Waals surface area contributed by atoms with Crippen LogP contribution in [0.15, 0.2) is 60.7 Å². The molecule has 1 saturated heterocycles. The Labute approximate surface area is 207 Å². The number of hydrogen-bond donors (Lipinski definition) is 3. The van der Waals surface area contributed by atoms with Crippen molar-refractivity contribution < 1.29 is 19.1 Å². The number of nitrogens with two attached hydrogens (primary N) is 1. The zero-order valence-electron chi connectivity index (χ0n) is 20.8. The third-order valence-electron chi connectivity index (χ3n) is 6.32. The highest BCUT2D eigenvalue weighted by molar-refractivity contribution is 5.98. The van der Waals surface area contributed by atoms with Gasteiger partial charge in [-0.3, -0.25) is 14.4 Å². The highest BCUT2D eigenvalue weighted by Gasteiger charge is 2.50. The van der Waals surface area contributed by atoms with Crippen molar-refractivity contribution in [2.24, 2.45) is 11.7 Å². The van der Waals surface area contributed by atoms with Gasteiger partial charge in [-0.15, -0.1) is 0 Å². The van der Waals surface area contributed by atoms with Gasteiger partial charge < -0.3 is 21.1 Å². The third-order valence-corrected chi connectivity index (χ3v) is 6.32. The second-order valence-electron chi connectivity index (χ2n) is 9.96. The van der Waals surface area contributed by atoms with Gasteiger partial charge in [0.15, 0.2) is 5.78 Å². The molecule has 1 aliphatic rings. The molecule has 1 heterocycles. The molecule has 0 saturated carbocycles. The van der Waals surface area contributed by atoms with Gasteiger partial charge in [0.05, 0.1) is 18.7 Å². The van der Waals surface area contributed by atoms with E-state index in [1.54, 1.807) is 6.92 Å². The largest absolute Gasteiger partial charge is 0.361 e. The van der Waals surface area contributed by atoms with E-state index in [1.807, 2.05) is 60.7 Å². The van der Waals surface area contributed by atoms with Crippen molar-refractivity contribution in [1.82, 2.24) is 10.6 Å². The fraction of sp³-hybridized carbons (Fsp3) is 0.464. The first-order valence-electron chi connectivity index (χ1n) is 12.3. The molecule has 2 aromatic rings. The fourth-order valence-corrected chi connectivity index (χ4v) is 3.96. The van der Waals surface area contributed by atoms with Crippen LogP contribution in [0, 0.1) is 5.92 Å². The first kappa shape index (κ1) is 26.6. The molecule has 35 heavy (non-hydrogen) atoms. The molecule has 0 radical (unpaired) electrons. The van der Waals surface area contributed by atoms with Crippen LogP contribution in [0.2, 0.25) is 0 Å². The van der Waals surface area contributed by atoms with Gasteiger partial charge in [-0.25, -0.2) is 0 Å². The maximum atomic E-state index is 13.4. The number of ketones is 1. The van der Waals surface area contributed by atoms with E-state index >= 15 is 0 Å². The number of carbonyl (C=O) groups excluding carboxylic acids is 3. The van der Waals surface area contributed by atoms with Crippen LogP contribution in [0.3, 0.4) is 0 Å². The maximum Gasteiger partial charge on any atom is 0.243 e. The van der Waals surface area contributed by atoms with Crippen molar-refractivity contribution in [1.29, 1.82) is 0 Å². The quantitative estimate of drug-likeness (QED) is 0.382. The summed E-state index contributed by atoms with van der Waals surface area (Å²) in [5.74, 6) is -0.559. The average Bonchev–Trinajstić information content (AvgIpc) is 3.60. The smallest absolute Gasteiger partial charge is 0.243 e. The number of Topliss-reactive ketones (excluding diaryl/α,β-unsaturated/α-hetero) is 1.